The molecular weight excluding hydrogens is 498 g/mol. The van der Waals surface area contributed by atoms with Crippen LogP contribution in [0.15, 0.2) is 74.8 Å². The fourth-order valence-corrected chi connectivity index (χ4v) is 4.92. The van der Waals surface area contributed by atoms with Crippen LogP contribution in [0.4, 0.5) is 0 Å². The summed E-state index contributed by atoms with van der Waals surface area (Å²) in [6.45, 7) is 6.34. The molecule has 0 spiro atoms. The van der Waals surface area contributed by atoms with E-state index in [1.165, 1.54) is 0 Å². The minimum atomic E-state index is -0.777. The Bertz CT molecular complexity index is 1550. The fraction of sp³-hybridized carbons (Fsp3) is 0.300. The van der Waals surface area contributed by atoms with E-state index in [0.717, 1.165) is 64.1 Å². The zero-order chi connectivity index (χ0) is 27.4. The molecule has 5 rings (SSSR count). The first kappa shape index (κ1) is 26.1. The van der Waals surface area contributed by atoms with Crippen LogP contribution < -0.4 is 20.9 Å². The van der Waals surface area contributed by atoms with Gasteiger partial charge in [0.1, 0.15) is 18.1 Å². The number of rotatable bonds is 9. The van der Waals surface area contributed by atoms with E-state index in [9.17, 15) is 14.4 Å². The second kappa shape index (κ2) is 11.5. The molecule has 0 radical (unpaired) electrons. The first-order chi connectivity index (χ1) is 18.9. The van der Waals surface area contributed by atoms with Gasteiger partial charge in [-0.1, -0.05) is 30.3 Å². The quantitative estimate of drug-likeness (QED) is 0.351. The fourth-order valence-electron chi connectivity index (χ4n) is 4.92. The van der Waals surface area contributed by atoms with Crippen LogP contribution >= 0.6 is 0 Å². The first-order valence-corrected chi connectivity index (χ1v) is 13.0. The molecule has 0 atom stereocenters. The highest BCUT2D eigenvalue weighted by atomic mass is 16.5. The third kappa shape index (κ3) is 6.31. The van der Waals surface area contributed by atoms with E-state index in [1.807, 2.05) is 53.4 Å². The highest BCUT2D eigenvalue weighted by Crippen LogP contribution is 2.32. The molecule has 4 aromatic rings. The van der Waals surface area contributed by atoms with Gasteiger partial charge in [0.25, 0.3) is 5.91 Å². The molecule has 1 saturated heterocycles. The summed E-state index contributed by atoms with van der Waals surface area (Å²) in [5.41, 5.74) is 5.60. The molecular formula is C30H31N3O6. The number of nitrogens with zero attached hydrogens (tertiary/aromatic N) is 2. The van der Waals surface area contributed by atoms with Gasteiger partial charge in [-0.25, -0.2) is 14.6 Å². The standard InChI is InChI=1S/C30H31N3O6/c1-20-14-26(38-19-27(34)32-12-3-4-13-32)15-21(2)28(20)24-7-5-6-23(16-24)18-37-25-10-8-22(9-11-25)17-33-29(35)31-30(36)39-33/h5-11,14-16H,3-4,12-13,17-19H2,1-2H3,(H,31,35,36). The van der Waals surface area contributed by atoms with Gasteiger partial charge in [-0.3, -0.25) is 4.79 Å². The molecule has 39 heavy (non-hydrogen) atoms. The summed E-state index contributed by atoms with van der Waals surface area (Å²) >= 11 is 0. The molecule has 1 amide bonds. The highest BCUT2D eigenvalue weighted by molar-refractivity contribution is 5.78. The van der Waals surface area contributed by atoms with Crippen molar-refractivity contribution >= 4 is 5.91 Å². The summed E-state index contributed by atoms with van der Waals surface area (Å²) in [5.74, 6) is 0.650. The van der Waals surface area contributed by atoms with Crippen molar-refractivity contribution in [2.75, 3.05) is 19.7 Å². The predicted molar refractivity (Wildman–Crippen MR) is 146 cm³/mol. The van der Waals surface area contributed by atoms with Gasteiger partial charge in [-0.15, -0.1) is 4.74 Å². The van der Waals surface area contributed by atoms with Crippen LogP contribution in [0, 0.1) is 13.8 Å². The number of carbonyl (C=O) groups excluding carboxylic acids is 1. The molecule has 1 fully saturated rings. The van der Waals surface area contributed by atoms with Gasteiger partial charge in [0.05, 0.1) is 6.54 Å². The number of likely N-dealkylation sites (tertiary alicyclic amines) is 1. The van der Waals surface area contributed by atoms with E-state index in [0.29, 0.717) is 18.1 Å². The van der Waals surface area contributed by atoms with Crippen molar-refractivity contribution in [3.63, 3.8) is 0 Å². The average Bonchev–Trinajstić information content (AvgIpc) is 3.56. The smallest absolute Gasteiger partial charge is 0.440 e. The van der Waals surface area contributed by atoms with Gasteiger partial charge in [-0.2, -0.15) is 0 Å². The Morgan fingerprint density at radius 3 is 2.28 bits per heavy atom. The molecule has 0 bridgehead atoms. The van der Waals surface area contributed by atoms with Crippen molar-refractivity contribution < 1.29 is 18.8 Å². The molecule has 1 N–H and O–H groups in total. The molecule has 1 aliphatic rings. The van der Waals surface area contributed by atoms with Crippen LogP contribution in [-0.2, 0) is 17.9 Å². The first-order valence-electron chi connectivity index (χ1n) is 13.0. The van der Waals surface area contributed by atoms with E-state index in [2.05, 4.69) is 31.0 Å². The molecule has 2 heterocycles. The second-order valence-electron chi connectivity index (χ2n) is 9.79. The Morgan fingerprint density at radius 2 is 1.62 bits per heavy atom. The van der Waals surface area contributed by atoms with E-state index < -0.39 is 11.4 Å². The van der Waals surface area contributed by atoms with Crippen LogP contribution in [0.3, 0.4) is 0 Å². The molecule has 202 valence electrons. The maximum atomic E-state index is 12.3. The Hall–Kier alpha value is -4.53. The molecule has 0 saturated carbocycles. The number of benzene rings is 3. The van der Waals surface area contributed by atoms with E-state index >= 15 is 0 Å². The molecule has 1 aliphatic heterocycles. The lowest BCUT2D eigenvalue weighted by atomic mass is 9.94. The van der Waals surface area contributed by atoms with Crippen molar-refractivity contribution in [1.29, 1.82) is 0 Å². The normalized spacial score (nSPS) is 13.0. The monoisotopic (exact) mass is 529 g/mol. The number of aromatic amines is 1. The van der Waals surface area contributed by atoms with Crippen LogP contribution in [0.1, 0.15) is 35.1 Å². The Labute approximate surface area is 225 Å². The minimum absolute atomic E-state index is 0.0405. The minimum Gasteiger partial charge on any atom is -0.489 e. The Balaban J connectivity index is 1.22. The van der Waals surface area contributed by atoms with Gasteiger partial charge in [0.15, 0.2) is 6.61 Å². The lowest BCUT2D eigenvalue weighted by Gasteiger charge is -2.17. The largest absolute Gasteiger partial charge is 0.489 e. The number of carbonyl (C=O) groups is 1. The van der Waals surface area contributed by atoms with Gasteiger partial charge in [0, 0.05) is 13.1 Å². The SMILES string of the molecule is Cc1cc(OCC(=O)N2CCCC2)cc(C)c1-c1cccc(COc2ccc(Cn3oc(=O)[nH]c3=O)cc2)c1. The van der Waals surface area contributed by atoms with Crippen molar-refractivity contribution in [2.24, 2.45) is 0 Å². The van der Waals surface area contributed by atoms with Gasteiger partial charge in [0.2, 0.25) is 0 Å². The number of hydrogen-bond acceptors (Lipinski definition) is 6. The number of amides is 1. The topological polar surface area (TPSA) is 107 Å². The zero-order valence-corrected chi connectivity index (χ0v) is 22.1. The Kier molecular flexibility index (Phi) is 7.67. The van der Waals surface area contributed by atoms with Crippen molar-refractivity contribution in [1.82, 2.24) is 14.6 Å². The summed E-state index contributed by atoms with van der Waals surface area (Å²) in [5, 5.41) is 0. The maximum absolute atomic E-state index is 12.3. The third-order valence-electron chi connectivity index (χ3n) is 6.83. The molecule has 9 nitrogen and oxygen atoms in total. The number of H-pyrrole nitrogens is 1. The number of aryl methyl sites for hydroxylation is 2. The van der Waals surface area contributed by atoms with Crippen molar-refractivity contribution in [2.45, 2.75) is 39.8 Å². The zero-order valence-electron chi connectivity index (χ0n) is 22.1. The number of aromatic nitrogens is 2. The van der Waals surface area contributed by atoms with E-state index in [4.69, 9.17) is 14.0 Å². The van der Waals surface area contributed by atoms with Crippen LogP contribution in [-0.4, -0.2) is 40.2 Å². The highest BCUT2D eigenvalue weighted by Gasteiger charge is 2.18. The van der Waals surface area contributed by atoms with Crippen molar-refractivity contribution in [3.05, 3.63) is 104 Å². The molecule has 1 aromatic heterocycles. The lowest BCUT2D eigenvalue weighted by molar-refractivity contribution is -0.132. The summed E-state index contributed by atoms with van der Waals surface area (Å²) in [6, 6.07) is 19.5. The van der Waals surface area contributed by atoms with Crippen LogP contribution in [0.5, 0.6) is 11.5 Å². The van der Waals surface area contributed by atoms with E-state index in [-0.39, 0.29) is 19.1 Å². The summed E-state index contributed by atoms with van der Waals surface area (Å²) in [7, 11) is 0. The molecule has 0 aliphatic carbocycles. The third-order valence-corrected chi connectivity index (χ3v) is 6.83. The second-order valence-corrected chi connectivity index (χ2v) is 9.79. The van der Waals surface area contributed by atoms with Crippen LogP contribution in [0.25, 0.3) is 11.1 Å². The summed E-state index contributed by atoms with van der Waals surface area (Å²) in [4.78, 5) is 39.0. The van der Waals surface area contributed by atoms with E-state index in [1.54, 1.807) is 0 Å². The van der Waals surface area contributed by atoms with Gasteiger partial charge >= 0.3 is 11.4 Å². The number of nitrogens with one attached hydrogen (secondary N) is 1. The van der Waals surface area contributed by atoms with Gasteiger partial charge in [-0.05, 0) is 90.4 Å². The average molecular weight is 530 g/mol. The molecule has 9 heteroatoms. The summed E-state index contributed by atoms with van der Waals surface area (Å²) < 4.78 is 17.6. The summed E-state index contributed by atoms with van der Waals surface area (Å²) in [6.07, 6.45) is 2.13. The van der Waals surface area contributed by atoms with Gasteiger partial charge < -0.3 is 18.9 Å². The maximum Gasteiger partial charge on any atom is 0.440 e. The number of ether oxygens (including phenoxy) is 2. The molecule has 0 unspecified atom stereocenters. The Morgan fingerprint density at radius 1 is 0.897 bits per heavy atom. The predicted octanol–water partition coefficient (Wildman–Crippen LogP) is 4.04. The lowest BCUT2D eigenvalue weighted by Crippen LogP contribution is -2.32. The number of hydrogen-bond donors (Lipinski definition) is 1. The van der Waals surface area contributed by atoms with Crippen LogP contribution in [0.2, 0.25) is 0 Å². The van der Waals surface area contributed by atoms with Crippen molar-refractivity contribution in [3.8, 4) is 22.6 Å². The molecule has 3 aromatic carbocycles.